The Labute approximate surface area is 167 Å². The van der Waals surface area contributed by atoms with Crippen molar-refractivity contribution in [2.75, 3.05) is 17.7 Å². The molecule has 2 N–H and O–H groups in total. The summed E-state index contributed by atoms with van der Waals surface area (Å²) in [5, 5.41) is 6.02. The van der Waals surface area contributed by atoms with E-state index in [2.05, 4.69) is 15.6 Å². The molecule has 3 rings (SSSR count). The maximum absolute atomic E-state index is 12.6. The van der Waals surface area contributed by atoms with Crippen LogP contribution in [-0.2, 0) is 0 Å². The summed E-state index contributed by atoms with van der Waals surface area (Å²) in [5.74, 6) is -0.433. The summed E-state index contributed by atoms with van der Waals surface area (Å²) in [4.78, 5) is 29.2. The standard InChI is InChI=1S/C21H18ClN3O3/c1-13-11-18(19(28-2)12-15(13)22)25-21(27)17-10-6-9-16(24-17)20(26)23-14-7-4-3-5-8-14/h3-12H,1-2H3,(H,23,26)(H,25,27). The fraction of sp³-hybridized carbons (Fsp3) is 0.0952. The van der Waals surface area contributed by atoms with Gasteiger partial charge in [-0.1, -0.05) is 35.9 Å². The number of anilines is 2. The van der Waals surface area contributed by atoms with Gasteiger partial charge < -0.3 is 15.4 Å². The van der Waals surface area contributed by atoms with Gasteiger partial charge in [-0.25, -0.2) is 4.98 Å². The number of methoxy groups -OCH3 is 1. The number of pyridine rings is 1. The summed E-state index contributed by atoms with van der Waals surface area (Å²) in [6.07, 6.45) is 0. The number of carbonyl (C=O) groups is 2. The van der Waals surface area contributed by atoms with E-state index < -0.39 is 11.8 Å². The van der Waals surface area contributed by atoms with Gasteiger partial charge >= 0.3 is 0 Å². The lowest BCUT2D eigenvalue weighted by Gasteiger charge is -2.12. The molecule has 0 fully saturated rings. The molecule has 7 heteroatoms. The van der Waals surface area contributed by atoms with Crippen molar-refractivity contribution in [1.29, 1.82) is 0 Å². The highest BCUT2D eigenvalue weighted by molar-refractivity contribution is 6.31. The van der Waals surface area contributed by atoms with E-state index in [0.717, 1.165) is 5.56 Å². The molecular weight excluding hydrogens is 378 g/mol. The molecule has 0 aliphatic carbocycles. The minimum atomic E-state index is -0.464. The van der Waals surface area contributed by atoms with Gasteiger partial charge in [-0.15, -0.1) is 0 Å². The van der Waals surface area contributed by atoms with Gasteiger partial charge in [0.15, 0.2) is 0 Å². The molecule has 0 aliphatic rings. The minimum absolute atomic E-state index is 0.107. The van der Waals surface area contributed by atoms with Gasteiger partial charge in [0, 0.05) is 16.8 Å². The van der Waals surface area contributed by atoms with E-state index in [-0.39, 0.29) is 11.4 Å². The SMILES string of the molecule is COc1cc(Cl)c(C)cc1NC(=O)c1cccc(C(=O)Nc2ccccc2)n1. The zero-order chi connectivity index (χ0) is 20.1. The third-order valence-corrected chi connectivity index (χ3v) is 4.38. The number of para-hydroxylation sites is 1. The molecule has 6 nitrogen and oxygen atoms in total. The van der Waals surface area contributed by atoms with Crippen molar-refractivity contribution in [2.45, 2.75) is 6.92 Å². The fourth-order valence-corrected chi connectivity index (χ4v) is 2.67. The molecule has 0 unspecified atom stereocenters. The first-order chi connectivity index (χ1) is 13.5. The monoisotopic (exact) mass is 395 g/mol. The van der Waals surface area contributed by atoms with Crippen molar-refractivity contribution < 1.29 is 14.3 Å². The number of aromatic nitrogens is 1. The first-order valence-electron chi connectivity index (χ1n) is 8.47. The summed E-state index contributed by atoms with van der Waals surface area (Å²) < 4.78 is 5.26. The number of aryl methyl sites for hydroxylation is 1. The third kappa shape index (κ3) is 4.47. The number of nitrogens with zero attached hydrogens (tertiary/aromatic N) is 1. The number of amides is 2. The Bertz CT molecular complexity index is 1020. The van der Waals surface area contributed by atoms with E-state index in [1.165, 1.54) is 13.2 Å². The first-order valence-corrected chi connectivity index (χ1v) is 8.84. The lowest BCUT2D eigenvalue weighted by atomic mass is 10.2. The largest absolute Gasteiger partial charge is 0.495 e. The summed E-state index contributed by atoms with van der Waals surface area (Å²) in [5.41, 5.74) is 2.15. The van der Waals surface area contributed by atoms with Crippen LogP contribution in [0.3, 0.4) is 0 Å². The van der Waals surface area contributed by atoms with Gasteiger partial charge in [0.25, 0.3) is 11.8 Å². The van der Waals surface area contributed by atoms with E-state index in [4.69, 9.17) is 16.3 Å². The zero-order valence-electron chi connectivity index (χ0n) is 15.3. The van der Waals surface area contributed by atoms with Crippen LogP contribution in [0.4, 0.5) is 11.4 Å². The van der Waals surface area contributed by atoms with Gasteiger partial charge in [-0.3, -0.25) is 9.59 Å². The third-order valence-electron chi connectivity index (χ3n) is 3.97. The van der Waals surface area contributed by atoms with Crippen LogP contribution < -0.4 is 15.4 Å². The van der Waals surface area contributed by atoms with Crippen LogP contribution in [0.25, 0.3) is 0 Å². The average Bonchev–Trinajstić information content (AvgIpc) is 2.71. The van der Waals surface area contributed by atoms with Gasteiger partial charge in [0.1, 0.15) is 17.1 Å². The number of benzene rings is 2. The Morgan fingerprint density at radius 3 is 2.21 bits per heavy atom. The van der Waals surface area contributed by atoms with Crippen LogP contribution in [0.5, 0.6) is 5.75 Å². The zero-order valence-corrected chi connectivity index (χ0v) is 16.1. The molecule has 0 radical (unpaired) electrons. The molecule has 0 saturated heterocycles. The lowest BCUT2D eigenvalue weighted by Crippen LogP contribution is -2.18. The summed E-state index contributed by atoms with van der Waals surface area (Å²) in [6.45, 7) is 1.82. The number of ether oxygens (including phenoxy) is 1. The maximum atomic E-state index is 12.6. The Morgan fingerprint density at radius 1 is 0.929 bits per heavy atom. The number of rotatable bonds is 5. The normalized spacial score (nSPS) is 10.2. The fourth-order valence-electron chi connectivity index (χ4n) is 2.52. The molecule has 142 valence electrons. The molecule has 1 heterocycles. The molecule has 3 aromatic rings. The average molecular weight is 396 g/mol. The van der Waals surface area contributed by atoms with Crippen molar-refractivity contribution in [3.05, 3.63) is 82.6 Å². The molecule has 0 aliphatic heterocycles. The van der Waals surface area contributed by atoms with Gasteiger partial charge in [0.05, 0.1) is 12.8 Å². The molecule has 1 aromatic heterocycles. The highest BCUT2D eigenvalue weighted by Crippen LogP contribution is 2.31. The number of halogens is 1. The topological polar surface area (TPSA) is 80.3 Å². The van der Waals surface area contributed by atoms with Gasteiger partial charge in [-0.2, -0.15) is 0 Å². The highest BCUT2D eigenvalue weighted by Gasteiger charge is 2.15. The summed E-state index contributed by atoms with van der Waals surface area (Å²) >= 11 is 6.09. The van der Waals surface area contributed by atoms with E-state index >= 15 is 0 Å². The Morgan fingerprint density at radius 2 is 1.57 bits per heavy atom. The predicted molar refractivity (Wildman–Crippen MR) is 109 cm³/mol. The van der Waals surface area contributed by atoms with Gasteiger partial charge in [-0.05, 0) is 42.8 Å². The van der Waals surface area contributed by atoms with E-state index in [1.807, 2.05) is 25.1 Å². The number of nitrogens with one attached hydrogen (secondary N) is 2. The second kappa shape index (κ2) is 8.54. The van der Waals surface area contributed by atoms with Crippen molar-refractivity contribution in [3.63, 3.8) is 0 Å². The predicted octanol–water partition coefficient (Wildman–Crippen LogP) is 4.56. The molecule has 0 spiro atoms. The first kappa shape index (κ1) is 19.4. The van der Waals surface area contributed by atoms with Gasteiger partial charge in [0.2, 0.25) is 0 Å². The van der Waals surface area contributed by atoms with Crippen LogP contribution in [0, 0.1) is 6.92 Å². The maximum Gasteiger partial charge on any atom is 0.274 e. The number of hydrogen-bond donors (Lipinski definition) is 2. The number of hydrogen-bond acceptors (Lipinski definition) is 4. The van der Waals surface area contributed by atoms with Crippen molar-refractivity contribution >= 4 is 34.8 Å². The lowest BCUT2D eigenvalue weighted by molar-refractivity contribution is 0.101. The Balaban J connectivity index is 1.79. The summed E-state index contributed by atoms with van der Waals surface area (Å²) in [6, 6.07) is 17.0. The summed E-state index contributed by atoms with van der Waals surface area (Å²) in [7, 11) is 1.49. The smallest absolute Gasteiger partial charge is 0.274 e. The molecule has 0 bridgehead atoms. The van der Waals surface area contributed by atoms with Crippen LogP contribution in [0.2, 0.25) is 5.02 Å². The molecule has 0 saturated carbocycles. The van der Waals surface area contributed by atoms with Crippen molar-refractivity contribution in [1.82, 2.24) is 4.98 Å². The van der Waals surface area contributed by atoms with Crippen LogP contribution in [0.1, 0.15) is 26.5 Å². The van der Waals surface area contributed by atoms with Crippen LogP contribution in [0.15, 0.2) is 60.7 Å². The van der Waals surface area contributed by atoms with Crippen LogP contribution in [-0.4, -0.2) is 23.9 Å². The second-order valence-corrected chi connectivity index (χ2v) is 6.39. The molecule has 28 heavy (non-hydrogen) atoms. The molecule has 0 atom stereocenters. The second-order valence-electron chi connectivity index (χ2n) is 5.98. The van der Waals surface area contributed by atoms with E-state index in [1.54, 1.807) is 36.4 Å². The van der Waals surface area contributed by atoms with Crippen molar-refractivity contribution in [3.8, 4) is 5.75 Å². The van der Waals surface area contributed by atoms with E-state index in [9.17, 15) is 9.59 Å². The molecule has 2 amide bonds. The van der Waals surface area contributed by atoms with Crippen LogP contribution >= 0.6 is 11.6 Å². The van der Waals surface area contributed by atoms with E-state index in [0.29, 0.717) is 22.1 Å². The molecule has 2 aromatic carbocycles. The minimum Gasteiger partial charge on any atom is -0.495 e. The highest BCUT2D eigenvalue weighted by atomic mass is 35.5. The quantitative estimate of drug-likeness (QED) is 0.663. The molecular formula is C21H18ClN3O3. The number of carbonyl (C=O) groups excluding carboxylic acids is 2. The van der Waals surface area contributed by atoms with Crippen molar-refractivity contribution in [2.24, 2.45) is 0 Å². The Kier molecular flexibility index (Phi) is 5.91. The Hall–Kier alpha value is -3.38.